The fourth-order valence-electron chi connectivity index (χ4n) is 3.30. The van der Waals surface area contributed by atoms with Gasteiger partial charge in [0, 0.05) is 23.6 Å². The number of ether oxygens (including phenoxy) is 3. The number of fused-ring (bicyclic) bond motifs is 1. The fraction of sp³-hybridized carbons (Fsp3) is 0.636. The normalized spacial score (nSPS) is 17.8. The summed E-state index contributed by atoms with van der Waals surface area (Å²) in [5.74, 6) is 0. The summed E-state index contributed by atoms with van der Waals surface area (Å²) in [5.41, 5.74) is 1.56. The van der Waals surface area contributed by atoms with Crippen molar-refractivity contribution in [2.24, 2.45) is 0 Å². The fourth-order valence-corrected chi connectivity index (χ4v) is 3.53. The van der Waals surface area contributed by atoms with E-state index in [1.54, 1.807) is 0 Å². The van der Waals surface area contributed by atoms with Gasteiger partial charge in [0.15, 0.2) is 0 Å². The maximum atomic E-state index is 6.17. The second-order valence-electron chi connectivity index (χ2n) is 8.44. The first-order valence-corrected chi connectivity index (χ1v) is 11.7. The average molecular weight is 482 g/mol. The number of rotatable bonds is 12. The van der Waals surface area contributed by atoms with Crippen molar-refractivity contribution in [2.45, 2.75) is 45.4 Å². The Balaban J connectivity index is 1.44. The molecule has 2 aromatic rings. The van der Waals surface area contributed by atoms with Gasteiger partial charge in [0.05, 0.1) is 50.8 Å². The Labute approximate surface area is 188 Å². The van der Waals surface area contributed by atoms with E-state index in [1.165, 1.54) is 10.9 Å². The third kappa shape index (κ3) is 5.87. The second kappa shape index (κ2) is 10.6. The summed E-state index contributed by atoms with van der Waals surface area (Å²) in [5, 5.41) is 2.03. The molecule has 1 aliphatic heterocycles. The quantitative estimate of drug-likeness (QED) is 0.264. The van der Waals surface area contributed by atoms with Crippen LogP contribution in [0.2, 0.25) is 0 Å². The van der Waals surface area contributed by atoms with Crippen molar-refractivity contribution in [3.63, 3.8) is 0 Å². The van der Waals surface area contributed by atoms with Crippen molar-refractivity contribution in [3.8, 4) is 0 Å². The third-order valence-electron chi connectivity index (χ3n) is 5.76. The van der Waals surface area contributed by atoms with Gasteiger partial charge in [-0.3, -0.25) is 0 Å². The van der Waals surface area contributed by atoms with Crippen LogP contribution in [0.15, 0.2) is 30.5 Å². The predicted molar refractivity (Wildman–Crippen MR) is 124 cm³/mol. The highest BCUT2D eigenvalue weighted by Gasteiger charge is 2.51. The third-order valence-corrected chi connectivity index (χ3v) is 6.09. The van der Waals surface area contributed by atoms with E-state index < -0.39 is 0 Å². The zero-order valence-corrected chi connectivity index (χ0v) is 20.1. The lowest BCUT2D eigenvalue weighted by molar-refractivity contribution is 0.00578. The Morgan fingerprint density at radius 2 is 1.47 bits per heavy atom. The Hall–Kier alpha value is -0.895. The summed E-state index contributed by atoms with van der Waals surface area (Å²) in [6, 6.07) is 8.50. The molecule has 30 heavy (non-hydrogen) atoms. The van der Waals surface area contributed by atoms with Gasteiger partial charge in [-0.2, -0.15) is 0 Å². The molecular formula is C22H33BBrNO5. The maximum absolute atomic E-state index is 6.17. The van der Waals surface area contributed by atoms with Gasteiger partial charge in [0.1, 0.15) is 0 Å². The van der Waals surface area contributed by atoms with E-state index in [-0.39, 0.29) is 18.3 Å². The number of halogens is 1. The van der Waals surface area contributed by atoms with Crippen LogP contribution in [0.25, 0.3) is 10.9 Å². The van der Waals surface area contributed by atoms with Gasteiger partial charge in [0.2, 0.25) is 0 Å². The molecule has 8 heteroatoms. The molecule has 0 spiro atoms. The molecule has 0 saturated carbocycles. The van der Waals surface area contributed by atoms with Crippen molar-refractivity contribution in [2.75, 3.05) is 45.0 Å². The van der Waals surface area contributed by atoms with Gasteiger partial charge >= 0.3 is 7.12 Å². The molecule has 2 heterocycles. The molecule has 0 atom stereocenters. The standard InChI is InChI=1S/C22H33BBrNO5/c1-21(2)22(3,4)30-23(29-21)19-5-6-20-18(17-19)7-9-25(20)10-12-27-14-16-28-15-13-26-11-8-24/h5-7,9,17H,8,10-16H2,1-4H3. The first-order chi connectivity index (χ1) is 14.3. The van der Waals surface area contributed by atoms with E-state index >= 15 is 0 Å². The Morgan fingerprint density at radius 1 is 0.867 bits per heavy atom. The molecule has 0 unspecified atom stereocenters. The highest BCUT2D eigenvalue weighted by molar-refractivity contribution is 9.09. The SMILES string of the molecule is CC1(C)OB(c2ccc3c(ccn3CCOCCOCCOCCBr)c2)OC1(C)C. The zero-order chi connectivity index (χ0) is 21.6. The monoisotopic (exact) mass is 481 g/mol. The summed E-state index contributed by atoms with van der Waals surface area (Å²) >= 11 is 3.32. The van der Waals surface area contributed by atoms with Crippen LogP contribution in [0.1, 0.15) is 27.7 Å². The lowest BCUT2D eigenvalue weighted by atomic mass is 9.79. The van der Waals surface area contributed by atoms with E-state index in [0.29, 0.717) is 39.6 Å². The summed E-state index contributed by atoms with van der Waals surface area (Å²) in [6.07, 6.45) is 2.10. The predicted octanol–water partition coefficient (Wildman–Crippen LogP) is 3.39. The van der Waals surface area contributed by atoms with Gasteiger partial charge < -0.3 is 28.1 Å². The minimum atomic E-state index is -0.337. The van der Waals surface area contributed by atoms with Crippen LogP contribution in [-0.2, 0) is 30.1 Å². The summed E-state index contributed by atoms with van der Waals surface area (Å²) in [4.78, 5) is 0. The first kappa shape index (κ1) is 23.8. The minimum Gasteiger partial charge on any atom is -0.399 e. The summed E-state index contributed by atoms with van der Waals surface area (Å²) in [7, 11) is -0.337. The molecule has 1 aliphatic rings. The van der Waals surface area contributed by atoms with Crippen LogP contribution in [0.4, 0.5) is 0 Å². The van der Waals surface area contributed by atoms with Gasteiger partial charge in [-0.05, 0) is 50.7 Å². The molecule has 3 rings (SSSR count). The van der Waals surface area contributed by atoms with E-state index in [1.807, 2.05) is 0 Å². The van der Waals surface area contributed by atoms with Crippen molar-refractivity contribution in [3.05, 3.63) is 30.5 Å². The van der Waals surface area contributed by atoms with Gasteiger partial charge in [0.25, 0.3) is 0 Å². The topological polar surface area (TPSA) is 51.1 Å². The lowest BCUT2D eigenvalue weighted by Crippen LogP contribution is -2.41. The lowest BCUT2D eigenvalue weighted by Gasteiger charge is -2.32. The van der Waals surface area contributed by atoms with Crippen LogP contribution in [0.3, 0.4) is 0 Å². The van der Waals surface area contributed by atoms with Gasteiger partial charge in [-0.15, -0.1) is 0 Å². The molecule has 0 N–H and O–H groups in total. The highest BCUT2D eigenvalue weighted by atomic mass is 79.9. The zero-order valence-electron chi connectivity index (χ0n) is 18.5. The van der Waals surface area contributed by atoms with Crippen molar-refractivity contribution < 1.29 is 23.5 Å². The molecule has 0 radical (unpaired) electrons. The van der Waals surface area contributed by atoms with Crippen LogP contribution in [0, 0.1) is 0 Å². The van der Waals surface area contributed by atoms with Crippen LogP contribution in [-0.4, -0.2) is 67.9 Å². The molecule has 0 aliphatic carbocycles. The second-order valence-corrected chi connectivity index (χ2v) is 9.23. The number of nitrogens with zero attached hydrogens (tertiary/aromatic N) is 1. The molecular weight excluding hydrogens is 449 g/mol. The molecule has 1 aromatic carbocycles. The van der Waals surface area contributed by atoms with Crippen LogP contribution >= 0.6 is 15.9 Å². The molecule has 166 valence electrons. The number of benzene rings is 1. The minimum absolute atomic E-state index is 0.333. The van der Waals surface area contributed by atoms with E-state index in [4.69, 9.17) is 23.5 Å². The molecule has 1 aromatic heterocycles. The summed E-state index contributed by atoms with van der Waals surface area (Å²) in [6.45, 7) is 12.8. The molecule has 0 amide bonds. The molecule has 1 fully saturated rings. The maximum Gasteiger partial charge on any atom is 0.494 e. The molecule has 6 nitrogen and oxygen atoms in total. The van der Waals surface area contributed by atoms with Crippen LogP contribution in [0.5, 0.6) is 0 Å². The number of alkyl halides is 1. The van der Waals surface area contributed by atoms with Crippen molar-refractivity contribution >= 4 is 39.4 Å². The number of hydrogen-bond donors (Lipinski definition) is 0. The van der Waals surface area contributed by atoms with Gasteiger partial charge in [-0.1, -0.05) is 28.1 Å². The van der Waals surface area contributed by atoms with Crippen molar-refractivity contribution in [1.29, 1.82) is 0 Å². The molecule has 0 bridgehead atoms. The smallest absolute Gasteiger partial charge is 0.399 e. The Kier molecular flexibility index (Phi) is 8.41. The van der Waals surface area contributed by atoms with E-state index in [0.717, 1.165) is 17.3 Å². The first-order valence-electron chi connectivity index (χ1n) is 10.6. The average Bonchev–Trinajstić information content (AvgIpc) is 3.20. The Bertz CT molecular complexity index is 794. The van der Waals surface area contributed by atoms with Gasteiger partial charge in [-0.25, -0.2) is 0 Å². The number of aromatic nitrogens is 1. The summed E-state index contributed by atoms with van der Waals surface area (Å²) < 4.78 is 31.1. The number of hydrogen-bond acceptors (Lipinski definition) is 5. The van der Waals surface area contributed by atoms with E-state index in [2.05, 4.69) is 78.7 Å². The van der Waals surface area contributed by atoms with Crippen LogP contribution < -0.4 is 5.46 Å². The molecule has 1 saturated heterocycles. The largest absolute Gasteiger partial charge is 0.494 e. The Morgan fingerprint density at radius 3 is 2.10 bits per heavy atom. The highest BCUT2D eigenvalue weighted by Crippen LogP contribution is 2.36. The van der Waals surface area contributed by atoms with E-state index in [9.17, 15) is 0 Å². The van der Waals surface area contributed by atoms with Crippen molar-refractivity contribution in [1.82, 2.24) is 4.57 Å².